The number of anilines is 2. The van der Waals surface area contributed by atoms with Crippen LogP contribution >= 0.6 is 0 Å². The minimum atomic E-state index is -0.186. The highest BCUT2D eigenvalue weighted by molar-refractivity contribution is 5.42. The van der Waals surface area contributed by atoms with E-state index in [4.69, 9.17) is 9.26 Å². The average molecular weight is 334 g/mol. The molecule has 0 aliphatic rings. The highest BCUT2D eigenvalue weighted by Crippen LogP contribution is 2.17. The van der Waals surface area contributed by atoms with Crippen molar-refractivity contribution < 1.29 is 9.26 Å². The SMILES string of the molecule is CC(C)COC(C)c1noc(CN(C)c2ccnc(N(C)C)n2)n1. The van der Waals surface area contributed by atoms with E-state index < -0.39 is 0 Å². The lowest BCUT2D eigenvalue weighted by molar-refractivity contribution is 0.0402. The second-order valence-corrected chi connectivity index (χ2v) is 6.38. The number of hydrogen-bond donors (Lipinski definition) is 0. The zero-order valence-corrected chi connectivity index (χ0v) is 15.2. The molecule has 0 aliphatic carbocycles. The Bertz CT molecular complexity index is 643. The van der Waals surface area contributed by atoms with Crippen molar-refractivity contribution in [1.82, 2.24) is 20.1 Å². The van der Waals surface area contributed by atoms with Crippen molar-refractivity contribution in [3.8, 4) is 0 Å². The van der Waals surface area contributed by atoms with Gasteiger partial charge in [0.05, 0.1) is 6.54 Å². The maximum Gasteiger partial charge on any atom is 0.246 e. The van der Waals surface area contributed by atoms with Gasteiger partial charge in [0.15, 0.2) is 5.82 Å². The molecule has 0 bridgehead atoms. The van der Waals surface area contributed by atoms with E-state index in [1.54, 1.807) is 6.20 Å². The van der Waals surface area contributed by atoms with Crippen LogP contribution in [-0.4, -0.2) is 47.9 Å². The zero-order chi connectivity index (χ0) is 17.7. The van der Waals surface area contributed by atoms with Crippen molar-refractivity contribution in [2.75, 3.05) is 37.5 Å². The topological polar surface area (TPSA) is 80.4 Å². The maximum absolute atomic E-state index is 5.71. The first-order chi connectivity index (χ1) is 11.4. The Labute approximate surface area is 142 Å². The van der Waals surface area contributed by atoms with E-state index in [1.165, 1.54) is 0 Å². The molecule has 1 atom stereocenters. The van der Waals surface area contributed by atoms with Crippen LogP contribution < -0.4 is 9.80 Å². The molecule has 0 saturated heterocycles. The predicted molar refractivity (Wildman–Crippen MR) is 92.0 cm³/mol. The van der Waals surface area contributed by atoms with E-state index >= 15 is 0 Å². The summed E-state index contributed by atoms with van der Waals surface area (Å²) < 4.78 is 11.0. The fraction of sp³-hybridized carbons (Fsp3) is 0.625. The molecular formula is C16H26N6O2. The highest BCUT2D eigenvalue weighted by atomic mass is 16.5. The monoisotopic (exact) mass is 334 g/mol. The van der Waals surface area contributed by atoms with Crippen LogP contribution in [0.4, 0.5) is 11.8 Å². The Hall–Kier alpha value is -2.22. The van der Waals surface area contributed by atoms with E-state index in [2.05, 4.69) is 34.0 Å². The van der Waals surface area contributed by atoms with Gasteiger partial charge in [-0.15, -0.1) is 0 Å². The number of nitrogens with zero attached hydrogens (tertiary/aromatic N) is 6. The second kappa shape index (κ2) is 8.05. The Morgan fingerprint density at radius 2 is 1.92 bits per heavy atom. The minimum Gasteiger partial charge on any atom is -0.370 e. The van der Waals surface area contributed by atoms with Crippen LogP contribution in [0.3, 0.4) is 0 Å². The molecule has 2 heterocycles. The van der Waals surface area contributed by atoms with E-state index in [0.717, 1.165) is 5.82 Å². The molecule has 0 fully saturated rings. The van der Waals surface area contributed by atoms with Gasteiger partial charge >= 0.3 is 0 Å². The number of ether oxygens (including phenoxy) is 1. The van der Waals surface area contributed by atoms with E-state index in [9.17, 15) is 0 Å². The standard InChI is InChI=1S/C16H26N6O2/c1-11(2)10-23-12(3)15-19-14(24-20-15)9-22(6)13-7-8-17-16(18-13)21(4)5/h7-8,11-12H,9-10H2,1-6H3. The first-order valence-electron chi connectivity index (χ1n) is 8.02. The normalized spacial score (nSPS) is 12.5. The molecule has 24 heavy (non-hydrogen) atoms. The molecule has 8 nitrogen and oxygen atoms in total. The molecule has 0 amide bonds. The average Bonchev–Trinajstić information content (AvgIpc) is 3.01. The number of aromatic nitrogens is 4. The maximum atomic E-state index is 5.71. The molecule has 8 heteroatoms. The van der Waals surface area contributed by atoms with Gasteiger partial charge in [-0.2, -0.15) is 9.97 Å². The van der Waals surface area contributed by atoms with Crippen LogP contribution in [0.15, 0.2) is 16.8 Å². The molecule has 0 aromatic carbocycles. The van der Waals surface area contributed by atoms with Gasteiger partial charge in [0.25, 0.3) is 0 Å². The van der Waals surface area contributed by atoms with Crippen LogP contribution in [-0.2, 0) is 11.3 Å². The lowest BCUT2D eigenvalue weighted by Crippen LogP contribution is -2.20. The van der Waals surface area contributed by atoms with Crippen LogP contribution in [0.1, 0.15) is 38.6 Å². The summed E-state index contributed by atoms with van der Waals surface area (Å²) in [6.07, 6.45) is 1.55. The molecule has 2 aromatic rings. The van der Waals surface area contributed by atoms with E-state index in [-0.39, 0.29) is 6.10 Å². The smallest absolute Gasteiger partial charge is 0.246 e. The van der Waals surface area contributed by atoms with Crippen molar-refractivity contribution >= 4 is 11.8 Å². The lowest BCUT2D eigenvalue weighted by atomic mass is 10.2. The second-order valence-electron chi connectivity index (χ2n) is 6.38. The molecular weight excluding hydrogens is 308 g/mol. The van der Waals surface area contributed by atoms with Gasteiger partial charge in [0.1, 0.15) is 11.9 Å². The quantitative estimate of drug-likeness (QED) is 0.727. The van der Waals surface area contributed by atoms with Gasteiger partial charge in [-0.3, -0.25) is 0 Å². The fourth-order valence-electron chi connectivity index (χ4n) is 1.96. The summed E-state index contributed by atoms with van der Waals surface area (Å²) in [4.78, 5) is 16.9. The van der Waals surface area contributed by atoms with Gasteiger partial charge in [-0.05, 0) is 18.9 Å². The third-order valence-corrected chi connectivity index (χ3v) is 3.32. The van der Waals surface area contributed by atoms with Gasteiger partial charge in [-0.1, -0.05) is 19.0 Å². The molecule has 0 N–H and O–H groups in total. The summed E-state index contributed by atoms with van der Waals surface area (Å²) in [5, 5.41) is 4.01. The Morgan fingerprint density at radius 3 is 2.58 bits per heavy atom. The van der Waals surface area contributed by atoms with Crippen molar-refractivity contribution in [1.29, 1.82) is 0 Å². The van der Waals surface area contributed by atoms with Gasteiger partial charge in [0.2, 0.25) is 11.8 Å². The summed E-state index contributed by atoms with van der Waals surface area (Å²) >= 11 is 0. The van der Waals surface area contributed by atoms with Crippen molar-refractivity contribution in [2.45, 2.75) is 33.4 Å². The third kappa shape index (κ3) is 4.89. The molecule has 1 unspecified atom stereocenters. The first-order valence-corrected chi connectivity index (χ1v) is 8.02. The lowest BCUT2D eigenvalue weighted by Gasteiger charge is -2.17. The van der Waals surface area contributed by atoms with E-state index in [1.807, 2.05) is 43.9 Å². The van der Waals surface area contributed by atoms with Crippen molar-refractivity contribution in [3.05, 3.63) is 24.0 Å². The van der Waals surface area contributed by atoms with Crippen LogP contribution in [0.25, 0.3) is 0 Å². The molecule has 2 aromatic heterocycles. The minimum absolute atomic E-state index is 0.186. The number of hydrogen-bond acceptors (Lipinski definition) is 8. The number of rotatable bonds is 8. The largest absolute Gasteiger partial charge is 0.370 e. The van der Waals surface area contributed by atoms with Crippen LogP contribution in [0.5, 0.6) is 0 Å². The van der Waals surface area contributed by atoms with Crippen LogP contribution in [0, 0.1) is 5.92 Å². The molecule has 2 rings (SSSR count). The highest BCUT2D eigenvalue weighted by Gasteiger charge is 2.16. The summed E-state index contributed by atoms with van der Waals surface area (Å²) in [7, 11) is 5.73. The Balaban J connectivity index is 2.00. The molecule has 132 valence electrons. The van der Waals surface area contributed by atoms with Gasteiger partial charge in [-0.25, -0.2) is 4.98 Å². The summed E-state index contributed by atoms with van der Waals surface area (Å²) in [6, 6.07) is 1.85. The Morgan fingerprint density at radius 1 is 1.17 bits per heavy atom. The first kappa shape index (κ1) is 18.1. The van der Waals surface area contributed by atoms with Crippen LogP contribution in [0.2, 0.25) is 0 Å². The van der Waals surface area contributed by atoms with Gasteiger partial charge in [0, 0.05) is 33.9 Å². The summed E-state index contributed by atoms with van der Waals surface area (Å²) in [5.41, 5.74) is 0. The van der Waals surface area contributed by atoms with Gasteiger partial charge < -0.3 is 19.1 Å². The zero-order valence-electron chi connectivity index (χ0n) is 15.2. The Kier molecular flexibility index (Phi) is 6.08. The van der Waals surface area contributed by atoms with Crippen molar-refractivity contribution in [3.63, 3.8) is 0 Å². The van der Waals surface area contributed by atoms with Crippen molar-refractivity contribution in [2.24, 2.45) is 5.92 Å². The third-order valence-electron chi connectivity index (χ3n) is 3.32. The molecule has 0 saturated carbocycles. The summed E-state index contributed by atoms with van der Waals surface area (Å²) in [6.45, 7) is 7.27. The van der Waals surface area contributed by atoms with E-state index in [0.29, 0.717) is 36.7 Å². The fourth-order valence-corrected chi connectivity index (χ4v) is 1.96. The summed E-state index contributed by atoms with van der Waals surface area (Å²) in [5.74, 6) is 3.00. The molecule has 0 radical (unpaired) electrons. The molecule has 0 aliphatic heterocycles. The predicted octanol–water partition coefficient (Wildman–Crippen LogP) is 2.30. The molecule has 0 spiro atoms.